The largest absolute Gasteiger partial charge is 0.441 e. The highest BCUT2D eigenvalue weighted by Gasteiger charge is 2.49. The number of benzene rings is 1. The van der Waals surface area contributed by atoms with Crippen molar-refractivity contribution in [2.75, 3.05) is 25.1 Å². The molecule has 2 heterocycles. The summed E-state index contributed by atoms with van der Waals surface area (Å²) in [6.07, 6.45) is -3.96. The summed E-state index contributed by atoms with van der Waals surface area (Å²) in [6.45, 7) is 1.62. The predicted octanol–water partition coefficient (Wildman–Crippen LogP) is 2.79. The van der Waals surface area contributed by atoms with Crippen molar-refractivity contribution >= 4 is 11.8 Å². The molecule has 1 aliphatic carbocycles. The molecule has 0 aromatic heterocycles. The smallest absolute Gasteiger partial charge is 0.416 e. The van der Waals surface area contributed by atoms with E-state index in [9.17, 15) is 18.0 Å². The van der Waals surface area contributed by atoms with Crippen LogP contribution in [0.1, 0.15) is 18.4 Å². The van der Waals surface area contributed by atoms with E-state index in [0.717, 1.165) is 24.6 Å². The first-order valence-electron chi connectivity index (χ1n) is 9.01. The van der Waals surface area contributed by atoms with Gasteiger partial charge in [-0.25, -0.2) is 4.79 Å². The lowest BCUT2D eigenvalue weighted by atomic mass is 10.1. The van der Waals surface area contributed by atoms with Gasteiger partial charge in [-0.1, -0.05) is 6.07 Å². The lowest BCUT2D eigenvalue weighted by Crippen LogP contribution is -2.42. The number of alkyl halides is 3. The average Bonchev–Trinajstić information content (AvgIpc) is 3.23. The zero-order valence-electron chi connectivity index (χ0n) is 14.5. The molecule has 3 fully saturated rings. The Balaban J connectivity index is 1.30. The van der Waals surface area contributed by atoms with Crippen LogP contribution in [0.5, 0.6) is 0 Å². The summed E-state index contributed by atoms with van der Waals surface area (Å²) in [5, 5.41) is 5.77. The zero-order chi connectivity index (χ0) is 19.0. The van der Waals surface area contributed by atoms with Crippen molar-refractivity contribution in [3.63, 3.8) is 0 Å². The molecule has 6 nitrogen and oxygen atoms in total. The van der Waals surface area contributed by atoms with Crippen LogP contribution in [0.15, 0.2) is 24.3 Å². The standard InChI is InChI=1S/C18H21F3N2O4/c19-18(20,21)11-2-1-3-12(6-11)23-17(24)27-14-9-26-15-13(8-25-16(14)15)22-7-10-4-5-10/h1-3,6,10,13-16,22H,4-5,7-9H2,(H,23,24)/t13-,14-,15-,16+/m0/s1. The molecule has 1 aromatic rings. The second-order valence-corrected chi connectivity index (χ2v) is 7.20. The third kappa shape index (κ3) is 4.36. The second-order valence-electron chi connectivity index (χ2n) is 7.20. The van der Waals surface area contributed by atoms with Crippen molar-refractivity contribution in [2.45, 2.75) is 43.4 Å². The first-order valence-corrected chi connectivity index (χ1v) is 9.01. The van der Waals surface area contributed by atoms with Crippen molar-refractivity contribution in [3.05, 3.63) is 29.8 Å². The number of amides is 1. The summed E-state index contributed by atoms with van der Waals surface area (Å²) < 4.78 is 55.0. The molecule has 0 unspecified atom stereocenters. The van der Waals surface area contributed by atoms with Crippen LogP contribution in [0, 0.1) is 5.92 Å². The lowest BCUT2D eigenvalue weighted by Gasteiger charge is -2.18. The van der Waals surface area contributed by atoms with Gasteiger partial charge in [-0.15, -0.1) is 0 Å². The molecule has 1 aromatic carbocycles. The van der Waals surface area contributed by atoms with Crippen LogP contribution in [0.2, 0.25) is 0 Å². The van der Waals surface area contributed by atoms with Crippen LogP contribution < -0.4 is 10.6 Å². The van der Waals surface area contributed by atoms with Gasteiger partial charge in [0.1, 0.15) is 12.2 Å². The number of fused-ring (bicyclic) bond motifs is 1. The number of carbonyl (C=O) groups is 1. The molecule has 1 amide bonds. The van der Waals surface area contributed by atoms with Crippen LogP contribution in [-0.2, 0) is 20.4 Å². The molecular weight excluding hydrogens is 365 g/mol. The van der Waals surface area contributed by atoms with E-state index in [1.54, 1.807) is 0 Å². The van der Waals surface area contributed by atoms with Crippen LogP contribution in [0.3, 0.4) is 0 Å². The number of halogens is 3. The van der Waals surface area contributed by atoms with Gasteiger partial charge < -0.3 is 19.5 Å². The van der Waals surface area contributed by atoms with E-state index in [-0.39, 0.29) is 30.5 Å². The Bertz CT molecular complexity index is 695. The summed E-state index contributed by atoms with van der Waals surface area (Å²) in [6, 6.07) is 4.46. The van der Waals surface area contributed by atoms with Gasteiger partial charge in [-0.05, 0) is 43.5 Å². The van der Waals surface area contributed by atoms with Gasteiger partial charge >= 0.3 is 12.3 Å². The van der Waals surface area contributed by atoms with Crippen LogP contribution in [-0.4, -0.2) is 50.2 Å². The number of nitrogens with one attached hydrogen (secondary N) is 2. The minimum atomic E-state index is -4.48. The molecule has 3 aliphatic rings. The summed E-state index contributed by atoms with van der Waals surface area (Å²) in [4.78, 5) is 12.1. The Kier molecular flexibility index (Phi) is 5.00. The maximum Gasteiger partial charge on any atom is 0.416 e. The highest BCUT2D eigenvalue weighted by atomic mass is 19.4. The zero-order valence-corrected chi connectivity index (χ0v) is 14.5. The van der Waals surface area contributed by atoms with E-state index >= 15 is 0 Å². The monoisotopic (exact) mass is 386 g/mol. The van der Waals surface area contributed by atoms with Gasteiger partial charge in [0.05, 0.1) is 24.8 Å². The summed E-state index contributed by atoms with van der Waals surface area (Å²) >= 11 is 0. The number of hydrogen-bond donors (Lipinski definition) is 2. The molecule has 2 aliphatic heterocycles. The number of hydrogen-bond acceptors (Lipinski definition) is 5. The molecule has 4 atom stereocenters. The van der Waals surface area contributed by atoms with Gasteiger partial charge in [-0.2, -0.15) is 13.2 Å². The van der Waals surface area contributed by atoms with Gasteiger partial charge in [0.2, 0.25) is 0 Å². The molecule has 2 N–H and O–H groups in total. The Labute approximate surface area is 154 Å². The third-order valence-electron chi connectivity index (χ3n) is 5.07. The molecule has 0 bridgehead atoms. The molecule has 4 rings (SSSR count). The maximum atomic E-state index is 12.8. The van der Waals surface area contributed by atoms with Crippen LogP contribution in [0.4, 0.5) is 23.7 Å². The van der Waals surface area contributed by atoms with Crippen LogP contribution >= 0.6 is 0 Å². The molecule has 27 heavy (non-hydrogen) atoms. The van der Waals surface area contributed by atoms with E-state index in [2.05, 4.69) is 10.6 Å². The minimum absolute atomic E-state index is 0.0154. The first kappa shape index (κ1) is 18.5. The average molecular weight is 386 g/mol. The second kappa shape index (κ2) is 7.29. The van der Waals surface area contributed by atoms with Crippen molar-refractivity contribution < 1.29 is 32.2 Å². The molecule has 0 radical (unpaired) electrons. The molecular formula is C18H21F3N2O4. The summed E-state index contributed by atoms with van der Waals surface area (Å²) in [7, 11) is 0. The van der Waals surface area contributed by atoms with E-state index in [4.69, 9.17) is 14.2 Å². The number of anilines is 1. The van der Waals surface area contributed by atoms with Crippen molar-refractivity contribution in [3.8, 4) is 0 Å². The van der Waals surface area contributed by atoms with Crippen molar-refractivity contribution in [1.29, 1.82) is 0 Å². The fourth-order valence-electron chi connectivity index (χ4n) is 3.44. The topological polar surface area (TPSA) is 68.8 Å². The molecule has 2 saturated heterocycles. The normalized spacial score (nSPS) is 30.2. The Morgan fingerprint density at radius 2 is 1.96 bits per heavy atom. The molecule has 148 valence electrons. The Morgan fingerprint density at radius 1 is 1.19 bits per heavy atom. The number of ether oxygens (including phenoxy) is 3. The summed E-state index contributed by atoms with van der Waals surface area (Å²) in [5.74, 6) is 0.732. The number of rotatable bonds is 5. The Hall–Kier alpha value is -1.84. The SMILES string of the molecule is O=C(Nc1cccc(C(F)(F)F)c1)O[C@H]1CO[C@@H]2[C@@H]1OC[C@@H]2NCC1CC1. The van der Waals surface area contributed by atoms with E-state index in [1.807, 2.05) is 0 Å². The fourth-order valence-corrected chi connectivity index (χ4v) is 3.44. The summed E-state index contributed by atoms with van der Waals surface area (Å²) in [5.41, 5.74) is -0.824. The predicted molar refractivity (Wildman–Crippen MR) is 89.3 cm³/mol. The van der Waals surface area contributed by atoms with E-state index < -0.39 is 23.9 Å². The van der Waals surface area contributed by atoms with Crippen molar-refractivity contribution in [2.24, 2.45) is 5.92 Å². The van der Waals surface area contributed by atoms with E-state index in [1.165, 1.54) is 25.0 Å². The van der Waals surface area contributed by atoms with Gasteiger partial charge in [0.25, 0.3) is 0 Å². The third-order valence-corrected chi connectivity index (χ3v) is 5.07. The quantitative estimate of drug-likeness (QED) is 0.815. The number of carbonyl (C=O) groups excluding carboxylic acids is 1. The highest BCUT2D eigenvalue weighted by molar-refractivity contribution is 5.84. The molecule has 9 heteroatoms. The molecule has 1 saturated carbocycles. The minimum Gasteiger partial charge on any atom is -0.441 e. The van der Waals surface area contributed by atoms with Gasteiger partial charge in [0, 0.05) is 5.69 Å². The lowest BCUT2D eigenvalue weighted by molar-refractivity contribution is -0.137. The first-order chi connectivity index (χ1) is 12.9. The molecule has 0 spiro atoms. The fraction of sp³-hybridized carbons (Fsp3) is 0.611. The van der Waals surface area contributed by atoms with Gasteiger partial charge in [0.15, 0.2) is 6.10 Å². The Morgan fingerprint density at radius 3 is 2.70 bits per heavy atom. The van der Waals surface area contributed by atoms with Crippen LogP contribution in [0.25, 0.3) is 0 Å². The van der Waals surface area contributed by atoms with Crippen molar-refractivity contribution in [1.82, 2.24) is 5.32 Å². The highest BCUT2D eigenvalue weighted by Crippen LogP contribution is 2.32. The van der Waals surface area contributed by atoms with E-state index in [0.29, 0.717) is 6.61 Å². The maximum absolute atomic E-state index is 12.8. The van der Waals surface area contributed by atoms with Gasteiger partial charge in [-0.3, -0.25) is 5.32 Å².